The van der Waals surface area contributed by atoms with Crippen molar-refractivity contribution in [1.29, 1.82) is 0 Å². The molecule has 0 saturated heterocycles. The molecule has 0 fully saturated rings. The second kappa shape index (κ2) is 8.71. The van der Waals surface area contributed by atoms with E-state index in [9.17, 15) is 0 Å². The summed E-state index contributed by atoms with van der Waals surface area (Å²) in [6.07, 6.45) is 0. The zero-order valence-electron chi connectivity index (χ0n) is 15.2. The predicted molar refractivity (Wildman–Crippen MR) is 119 cm³/mol. The highest BCUT2D eigenvalue weighted by Gasteiger charge is 2.12. The van der Waals surface area contributed by atoms with E-state index in [1.807, 2.05) is 36.4 Å². The van der Waals surface area contributed by atoms with Crippen LogP contribution in [0.4, 0.5) is 11.5 Å². The van der Waals surface area contributed by atoms with Gasteiger partial charge in [-0.05, 0) is 40.9 Å². The maximum absolute atomic E-state index is 8.87. The van der Waals surface area contributed by atoms with Crippen molar-refractivity contribution in [3.05, 3.63) is 77.3 Å². The molecule has 0 spiro atoms. The summed E-state index contributed by atoms with van der Waals surface area (Å²) < 4.78 is 5.80. The van der Waals surface area contributed by atoms with Crippen LogP contribution in [0.15, 0.2) is 66.7 Å². The second-order valence-electron chi connectivity index (χ2n) is 6.41. The number of nitrogens with one attached hydrogen (secondary N) is 2. The number of halogens is 1. The van der Waals surface area contributed by atoms with Gasteiger partial charge in [0.1, 0.15) is 0 Å². The lowest BCUT2D eigenvalue weighted by Gasteiger charge is -2.09. The Morgan fingerprint density at radius 3 is 2.64 bits per heavy atom. The fraction of sp³-hybridized carbons (Fsp3) is 0.136. The third kappa shape index (κ3) is 4.03. The van der Waals surface area contributed by atoms with E-state index in [-0.39, 0.29) is 6.61 Å². The molecule has 1 aromatic heterocycles. The van der Waals surface area contributed by atoms with Gasteiger partial charge in [-0.3, -0.25) is 0 Å². The third-order valence-electron chi connectivity index (χ3n) is 4.50. The first-order valence-electron chi connectivity index (χ1n) is 9.07. The molecular formula is C22H20ClN3OS. The summed E-state index contributed by atoms with van der Waals surface area (Å²) in [6, 6.07) is 22.5. The van der Waals surface area contributed by atoms with Crippen LogP contribution in [0.1, 0.15) is 5.56 Å². The molecule has 6 heteroatoms. The molecule has 0 aliphatic carbocycles. The maximum atomic E-state index is 8.87. The summed E-state index contributed by atoms with van der Waals surface area (Å²) in [4.78, 5) is 0. The molecule has 0 aliphatic heterocycles. The average molecular weight is 410 g/mol. The van der Waals surface area contributed by atoms with E-state index in [0.29, 0.717) is 18.1 Å². The number of fused-ring (bicyclic) bond motifs is 1. The molecule has 142 valence electrons. The lowest BCUT2D eigenvalue weighted by molar-refractivity contribution is 0.292. The first-order valence-corrected chi connectivity index (χ1v) is 10.2. The number of rotatable bonds is 7. The van der Waals surface area contributed by atoms with Gasteiger partial charge in [0.15, 0.2) is 5.82 Å². The van der Waals surface area contributed by atoms with Crippen molar-refractivity contribution >= 4 is 44.7 Å². The lowest BCUT2D eigenvalue weighted by atomic mass is 10.0. The molecule has 4 aromatic rings. The van der Waals surface area contributed by atoms with E-state index < -0.39 is 0 Å². The highest BCUT2D eigenvalue weighted by atomic mass is 35.5. The van der Waals surface area contributed by atoms with E-state index in [2.05, 4.69) is 45.3 Å². The summed E-state index contributed by atoms with van der Waals surface area (Å²) in [5.41, 5.74) is 4.27. The smallest absolute Gasteiger partial charge is 0.151 e. The van der Waals surface area contributed by atoms with E-state index >= 15 is 0 Å². The van der Waals surface area contributed by atoms with Crippen molar-refractivity contribution in [3.8, 4) is 11.1 Å². The first-order chi connectivity index (χ1) is 13.8. The highest BCUT2D eigenvalue weighted by Crippen LogP contribution is 2.36. The lowest BCUT2D eigenvalue weighted by Crippen LogP contribution is -2.17. The fourth-order valence-corrected chi connectivity index (χ4v) is 4.23. The van der Waals surface area contributed by atoms with Crippen molar-refractivity contribution in [2.75, 3.05) is 18.5 Å². The number of aliphatic hydroxyl groups is 1. The van der Waals surface area contributed by atoms with Gasteiger partial charge < -0.3 is 15.7 Å². The standard InChI is InChI=1S/C22H20ClN3OS/c23-20-13-17(10-9-16(20)14-24-11-12-27)25-22-19-8-4-7-18(21(19)28-26-22)15-5-2-1-3-6-15/h1-10,13,24,27H,11-12,14H2,(H,25,26). The number of aromatic nitrogens is 1. The Labute approximate surface area is 173 Å². The molecule has 0 radical (unpaired) electrons. The van der Waals surface area contributed by atoms with Crippen LogP contribution in [0.2, 0.25) is 5.02 Å². The number of anilines is 2. The molecule has 4 nitrogen and oxygen atoms in total. The Balaban J connectivity index is 1.60. The van der Waals surface area contributed by atoms with Gasteiger partial charge in [0.25, 0.3) is 0 Å². The number of hydrogen-bond acceptors (Lipinski definition) is 5. The normalized spacial score (nSPS) is 11.1. The molecule has 3 N–H and O–H groups in total. The van der Waals surface area contributed by atoms with Crippen molar-refractivity contribution < 1.29 is 5.11 Å². The molecule has 28 heavy (non-hydrogen) atoms. The zero-order chi connectivity index (χ0) is 19.3. The molecule has 0 amide bonds. The summed E-state index contributed by atoms with van der Waals surface area (Å²) in [7, 11) is 0. The fourth-order valence-electron chi connectivity index (χ4n) is 3.10. The van der Waals surface area contributed by atoms with Crippen LogP contribution >= 0.6 is 23.1 Å². The first kappa shape index (κ1) is 18.9. The summed E-state index contributed by atoms with van der Waals surface area (Å²) in [5.74, 6) is 0.833. The predicted octanol–water partition coefficient (Wildman–Crippen LogP) is 5.44. The van der Waals surface area contributed by atoms with E-state index in [0.717, 1.165) is 27.2 Å². The van der Waals surface area contributed by atoms with Gasteiger partial charge in [-0.2, -0.15) is 4.37 Å². The minimum absolute atomic E-state index is 0.110. The molecular weight excluding hydrogens is 390 g/mol. The van der Waals surface area contributed by atoms with E-state index in [1.165, 1.54) is 22.7 Å². The Hall–Kier alpha value is -2.44. The van der Waals surface area contributed by atoms with Gasteiger partial charge in [-0.15, -0.1) is 0 Å². The van der Waals surface area contributed by atoms with Gasteiger partial charge in [0, 0.05) is 34.7 Å². The molecule has 0 bridgehead atoms. The molecule has 3 aromatic carbocycles. The van der Waals surface area contributed by atoms with Gasteiger partial charge in [0.05, 0.1) is 11.3 Å². The third-order valence-corrected chi connectivity index (χ3v) is 5.75. The van der Waals surface area contributed by atoms with Crippen molar-refractivity contribution in [3.63, 3.8) is 0 Å². The number of benzene rings is 3. The SMILES string of the molecule is OCCNCc1ccc(Nc2nsc3c(-c4ccccc4)cccc23)cc1Cl. The number of hydrogen-bond donors (Lipinski definition) is 3. The summed E-state index contributed by atoms with van der Waals surface area (Å²) in [5, 5.41) is 17.2. The minimum atomic E-state index is 0.110. The van der Waals surface area contributed by atoms with Crippen LogP contribution in [0.25, 0.3) is 21.2 Å². The van der Waals surface area contributed by atoms with Crippen LogP contribution in [-0.2, 0) is 6.54 Å². The summed E-state index contributed by atoms with van der Waals surface area (Å²) in [6.45, 7) is 1.28. The van der Waals surface area contributed by atoms with Crippen LogP contribution in [0, 0.1) is 0 Å². The van der Waals surface area contributed by atoms with Gasteiger partial charge in [-0.1, -0.05) is 60.1 Å². The Morgan fingerprint density at radius 1 is 1.00 bits per heavy atom. The van der Waals surface area contributed by atoms with Crippen molar-refractivity contribution in [2.45, 2.75) is 6.54 Å². The molecule has 0 aliphatic rings. The largest absolute Gasteiger partial charge is 0.395 e. The Kier molecular flexibility index (Phi) is 5.88. The van der Waals surface area contributed by atoms with Crippen LogP contribution in [-0.4, -0.2) is 22.6 Å². The van der Waals surface area contributed by atoms with Gasteiger partial charge in [-0.25, -0.2) is 0 Å². The maximum Gasteiger partial charge on any atom is 0.151 e. The average Bonchev–Trinajstić information content (AvgIpc) is 3.13. The quantitative estimate of drug-likeness (QED) is 0.355. The monoisotopic (exact) mass is 409 g/mol. The number of aliphatic hydroxyl groups excluding tert-OH is 1. The minimum Gasteiger partial charge on any atom is -0.395 e. The second-order valence-corrected chi connectivity index (χ2v) is 7.59. The van der Waals surface area contributed by atoms with Crippen LogP contribution in [0.5, 0.6) is 0 Å². The Bertz CT molecular complexity index is 1080. The molecule has 0 atom stereocenters. The van der Waals surface area contributed by atoms with Crippen LogP contribution in [0.3, 0.4) is 0 Å². The van der Waals surface area contributed by atoms with E-state index in [1.54, 1.807) is 0 Å². The molecule has 0 saturated carbocycles. The number of nitrogens with zero attached hydrogens (tertiary/aromatic N) is 1. The topological polar surface area (TPSA) is 57.2 Å². The zero-order valence-corrected chi connectivity index (χ0v) is 16.7. The van der Waals surface area contributed by atoms with Crippen LogP contribution < -0.4 is 10.6 Å². The van der Waals surface area contributed by atoms with Gasteiger partial charge in [0.2, 0.25) is 0 Å². The molecule has 4 rings (SSSR count). The van der Waals surface area contributed by atoms with Crippen molar-refractivity contribution in [2.24, 2.45) is 0 Å². The van der Waals surface area contributed by atoms with Gasteiger partial charge >= 0.3 is 0 Å². The van der Waals surface area contributed by atoms with E-state index in [4.69, 9.17) is 16.7 Å². The Morgan fingerprint density at radius 2 is 1.86 bits per heavy atom. The molecule has 0 unspecified atom stereocenters. The summed E-state index contributed by atoms with van der Waals surface area (Å²) >= 11 is 7.91. The highest BCUT2D eigenvalue weighted by molar-refractivity contribution is 7.14. The van der Waals surface area contributed by atoms with Crippen molar-refractivity contribution in [1.82, 2.24) is 9.69 Å². The molecule has 1 heterocycles.